The Balaban J connectivity index is 3.01. The van der Waals surface area contributed by atoms with E-state index in [0.717, 1.165) is 11.3 Å². The van der Waals surface area contributed by atoms with Crippen molar-refractivity contribution in [3.8, 4) is 12.3 Å². The number of hydrogen-bond acceptors (Lipinski definition) is 2. The normalized spacial score (nSPS) is 9.13. The molecule has 0 radical (unpaired) electrons. The van der Waals surface area contributed by atoms with Crippen LogP contribution in [0.2, 0.25) is 0 Å². The topological polar surface area (TPSA) is 41.1 Å². The van der Waals surface area contributed by atoms with Crippen molar-refractivity contribution in [3.05, 3.63) is 29.3 Å². The molecule has 15 heavy (non-hydrogen) atoms. The fourth-order valence-electron chi connectivity index (χ4n) is 1.35. The summed E-state index contributed by atoms with van der Waals surface area (Å²) in [6.45, 7) is 2.35. The highest BCUT2D eigenvalue weighted by molar-refractivity contribution is 5.96. The van der Waals surface area contributed by atoms with Crippen LogP contribution in [0.4, 0.5) is 5.69 Å². The van der Waals surface area contributed by atoms with E-state index in [-0.39, 0.29) is 5.91 Å². The molecule has 78 valence electrons. The summed E-state index contributed by atoms with van der Waals surface area (Å²) < 4.78 is 0. The van der Waals surface area contributed by atoms with E-state index in [9.17, 15) is 4.79 Å². The molecule has 0 atom stereocenters. The Labute approximate surface area is 89.9 Å². The molecular weight excluding hydrogens is 188 g/mol. The Kier molecular flexibility index (Phi) is 3.75. The first-order valence-corrected chi connectivity index (χ1v) is 4.69. The van der Waals surface area contributed by atoms with Crippen LogP contribution in [-0.4, -0.2) is 19.5 Å². The zero-order valence-electron chi connectivity index (χ0n) is 8.92. The number of nitrogens with one attached hydrogen (secondary N) is 2. The van der Waals surface area contributed by atoms with Crippen molar-refractivity contribution < 1.29 is 4.79 Å². The van der Waals surface area contributed by atoms with Crippen molar-refractivity contribution in [3.63, 3.8) is 0 Å². The molecular formula is C12H14N2O. The van der Waals surface area contributed by atoms with E-state index in [4.69, 9.17) is 6.42 Å². The van der Waals surface area contributed by atoms with Gasteiger partial charge in [0.05, 0.1) is 6.54 Å². The average molecular weight is 202 g/mol. The molecule has 1 aromatic rings. The number of carbonyl (C=O) groups excluding carboxylic acids is 1. The maximum Gasteiger partial charge on any atom is 0.251 e. The van der Waals surface area contributed by atoms with E-state index in [1.54, 1.807) is 13.1 Å². The van der Waals surface area contributed by atoms with Crippen LogP contribution in [0.25, 0.3) is 0 Å². The van der Waals surface area contributed by atoms with E-state index in [1.807, 2.05) is 19.1 Å². The summed E-state index contributed by atoms with van der Waals surface area (Å²) in [5, 5.41) is 5.66. The minimum atomic E-state index is -0.0862. The zero-order chi connectivity index (χ0) is 11.3. The Morgan fingerprint density at radius 2 is 2.27 bits per heavy atom. The first-order valence-electron chi connectivity index (χ1n) is 4.69. The van der Waals surface area contributed by atoms with Gasteiger partial charge in [-0.2, -0.15) is 0 Å². The molecule has 0 bridgehead atoms. The van der Waals surface area contributed by atoms with Gasteiger partial charge in [-0.1, -0.05) is 12.0 Å². The molecule has 1 amide bonds. The van der Waals surface area contributed by atoms with Crippen LogP contribution in [0.1, 0.15) is 15.9 Å². The van der Waals surface area contributed by atoms with Crippen LogP contribution in [-0.2, 0) is 0 Å². The third-order valence-electron chi connectivity index (χ3n) is 2.19. The molecule has 0 aromatic heterocycles. The van der Waals surface area contributed by atoms with Gasteiger partial charge in [0.25, 0.3) is 5.91 Å². The van der Waals surface area contributed by atoms with E-state index in [0.29, 0.717) is 12.1 Å². The first kappa shape index (κ1) is 11.1. The lowest BCUT2D eigenvalue weighted by atomic mass is 10.1. The maximum absolute atomic E-state index is 11.5. The monoisotopic (exact) mass is 202 g/mol. The van der Waals surface area contributed by atoms with Crippen molar-refractivity contribution in [2.45, 2.75) is 6.92 Å². The van der Waals surface area contributed by atoms with E-state index in [1.165, 1.54) is 0 Å². The van der Waals surface area contributed by atoms with Gasteiger partial charge in [0.15, 0.2) is 0 Å². The Morgan fingerprint density at radius 1 is 1.53 bits per heavy atom. The number of hydrogen-bond donors (Lipinski definition) is 2. The van der Waals surface area contributed by atoms with Crippen molar-refractivity contribution in [2.75, 3.05) is 18.9 Å². The van der Waals surface area contributed by atoms with Gasteiger partial charge in [0, 0.05) is 18.3 Å². The molecule has 0 spiro atoms. The van der Waals surface area contributed by atoms with Gasteiger partial charge in [-0.3, -0.25) is 4.79 Å². The molecule has 0 saturated carbocycles. The highest BCUT2D eigenvalue weighted by Crippen LogP contribution is 2.18. The maximum atomic E-state index is 11.5. The van der Waals surface area contributed by atoms with Crippen LogP contribution in [0, 0.1) is 19.3 Å². The number of amides is 1. The SMILES string of the molecule is C#CCNc1cccc(C(=O)NC)c1C. The second-order valence-corrected chi connectivity index (χ2v) is 3.11. The lowest BCUT2D eigenvalue weighted by Gasteiger charge is -2.10. The molecule has 0 saturated heterocycles. The summed E-state index contributed by atoms with van der Waals surface area (Å²) in [5.74, 6) is 2.41. The first-order chi connectivity index (χ1) is 7.20. The molecule has 3 nitrogen and oxygen atoms in total. The summed E-state index contributed by atoms with van der Waals surface area (Å²) in [6, 6.07) is 5.52. The zero-order valence-corrected chi connectivity index (χ0v) is 8.92. The number of carbonyl (C=O) groups is 1. The number of benzene rings is 1. The third-order valence-corrected chi connectivity index (χ3v) is 2.19. The minimum Gasteiger partial charge on any atom is -0.374 e. The molecule has 1 rings (SSSR count). The summed E-state index contributed by atoms with van der Waals surface area (Å²) in [5.41, 5.74) is 2.47. The molecule has 3 heteroatoms. The lowest BCUT2D eigenvalue weighted by molar-refractivity contribution is 0.0962. The van der Waals surface area contributed by atoms with Crippen LogP contribution < -0.4 is 10.6 Å². The number of terminal acetylenes is 1. The van der Waals surface area contributed by atoms with Gasteiger partial charge in [-0.15, -0.1) is 6.42 Å². The highest BCUT2D eigenvalue weighted by Gasteiger charge is 2.08. The van der Waals surface area contributed by atoms with E-state index in [2.05, 4.69) is 16.6 Å². The molecule has 0 fully saturated rings. The minimum absolute atomic E-state index is 0.0862. The highest BCUT2D eigenvalue weighted by atomic mass is 16.1. The van der Waals surface area contributed by atoms with E-state index < -0.39 is 0 Å². The van der Waals surface area contributed by atoms with Crippen molar-refractivity contribution in [2.24, 2.45) is 0 Å². The standard InChI is InChI=1S/C12H14N2O/c1-4-8-14-11-7-5-6-10(9(11)2)12(15)13-3/h1,5-7,14H,8H2,2-3H3,(H,13,15). The van der Waals surface area contributed by atoms with Crippen molar-refractivity contribution in [1.29, 1.82) is 0 Å². The molecule has 0 aliphatic heterocycles. The van der Waals surface area contributed by atoms with Gasteiger partial charge in [-0.05, 0) is 24.6 Å². The van der Waals surface area contributed by atoms with Crippen LogP contribution in [0.5, 0.6) is 0 Å². The number of anilines is 1. The molecule has 0 aliphatic carbocycles. The van der Waals surface area contributed by atoms with E-state index >= 15 is 0 Å². The fourth-order valence-corrected chi connectivity index (χ4v) is 1.35. The molecule has 0 heterocycles. The third kappa shape index (κ3) is 2.50. The van der Waals surface area contributed by atoms with Gasteiger partial charge in [-0.25, -0.2) is 0 Å². The smallest absolute Gasteiger partial charge is 0.251 e. The Bertz CT molecular complexity index is 405. The van der Waals surface area contributed by atoms with Crippen molar-refractivity contribution in [1.82, 2.24) is 5.32 Å². The predicted octanol–water partition coefficient (Wildman–Crippen LogP) is 1.40. The summed E-state index contributed by atoms with van der Waals surface area (Å²) in [4.78, 5) is 11.5. The predicted molar refractivity (Wildman–Crippen MR) is 61.9 cm³/mol. The molecule has 0 aliphatic rings. The quantitative estimate of drug-likeness (QED) is 0.727. The average Bonchev–Trinajstić information content (AvgIpc) is 2.27. The Morgan fingerprint density at radius 3 is 2.87 bits per heavy atom. The summed E-state index contributed by atoms with van der Waals surface area (Å²) >= 11 is 0. The Hall–Kier alpha value is -1.95. The molecule has 0 unspecified atom stereocenters. The fraction of sp³-hybridized carbons (Fsp3) is 0.250. The lowest BCUT2D eigenvalue weighted by Crippen LogP contribution is -2.19. The molecule has 1 aromatic carbocycles. The van der Waals surface area contributed by atoms with Gasteiger partial charge >= 0.3 is 0 Å². The summed E-state index contributed by atoms with van der Waals surface area (Å²) in [7, 11) is 1.61. The van der Waals surface area contributed by atoms with Gasteiger partial charge < -0.3 is 10.6 Å². The van der Waals surface area contributed by atoms with Gasteiger partial charge in [0.2, 0.25) is 0 Å². The largest absolute Gasteiger partial charge is 0.374 e. The summed E-state index contributed by atoms with van der Waals surface area (Å²) in [6.07, 6.45) is 5.16. The van der Waals surface area contributed by atoms with Gasteiger partial charge in [0.1, 0.15) is 0 Å². The van der Waals surface area contributed by atoms with Crippen LogP contribution in [0.3, 0.4) is 0 Å². The second-order valence-electron chi connectivity index (χ2n) is 3.11. The van der Waals surface area contributed by atoms with Crippen LogP contribution >= 0.6 is 0 Å². The van der Waals surface area contributed by atoms with Crippen molar-refractivity contribution >= 4 is 11.6 Å². The van der Waals surface area contributed by atoms with Crippen LogP contribution in [0.15, 0.2) is 18.2 Å². The number of rotatable bonds is 3. The molecule has 2 N–H and O–H groups in total. The second kappa shape index (κ2) is 5.06.